The number of likely N-dealkylation sites (tertiary alicyclic amines) is 1. The van der Waals surface area contributed by atoms with Crippen molar-refractivity contribution in [3.8, 4) is 0 Å². The Morgan fingerprint density at radius 3 is 2.38 bits per heavy atom. The van der Waals surface area contributed by atoms with Gasteiger partial charge in [0.1, 0.15) is 0 Å². The number of benzene rings is 1. The molecule has 1 aromatic carbocycles. The maximum Gasteiger partial charge on any atom is 0.317 e. The number of nitrogens with zero attached hydrogens (tertiary/aromatic N) is 2. The van der Waals surface area contributed by atoms with Crippen LogP contribution < -0.4 is 5.32 Å². The van der Waals surface area contributed by atoms with E-state index < -0.39 is 11.9 Å². The second kappa shape index (κ2) is 10.2. The van der Waals surface area contributed by atoms with Crippen LogP contribution in [0.2, 0.25) is 0 Å². The lowest BCUT2D eigenvalue weighted by atomic mass is 10.1. The fraction of sp³-hybridized carbons (Fsp3) is 0.600. The van der Waals surface area contributed by atoms with Gasteiger partial charge >= 0.3 is 12.0 Å². The zero-order chi connectivity index (χ0) is 18.9. The molecular formula is C20H31N3O3. The number of carboxylic acids is 1. The zero-order valence-electron chi connectivity index (χ0n) is 15.9. The zero-order valence-corrected chi connectivity index (χ0v) is 15.9. The predicted octanol–water partition coefficient (Wildman–Crippen LogP) is 2.92. The van der Waals surface area contributed by atoms with Gasteiger partial charge in [0.25, 0.3) is 0 Å². The minimum atomic E-state index is -0.896. The summed E-state index contributed by atoms with van der Waals surface area (Å²) in [7, 11) is 1.62. The van der Waals surface area contributed by atoms with Crippen LogP contribution in [0.3, 0.4) is 0 Å². The molecule has 144 valence electrons. The molecule has 6 heteroatoms. The lowest BCUT2D eigenvalue weighted by Gasteiger charge is -2.23. The van der Waals surface area contributed by atoms with E-state index in [1.807, 2.05) is 18.2 Å². The van der Waals surface area contributed by atoms with E-state index in [0.29, 0.717) is 6.54 Å². The molecule has 2 rings (SSSR count). The third kappa shape index (κ3) is 6.33. The van der Waals surface area contributed by atoms with Crippen LogP contribution in [-0.4, -0.2) is 53.6 Å². The summed E-state index contributed by atoms with van der Waals surface area (Å²) in [5.41, 5.74) is 2.36. The normalized spacial score (nSPS) is 16.5. The van der Waals surface area contributed by atoms with Crippen LogP contribution in [0.4, 0.5) is 4.79 Å². The van der Waals surface area contributed by atoms with Crippen molar-refractivity contribution in [2.75, 3.05) is 26.7 Å². The van der Waals surface area contributed by atoms with Gasteiger partial charge in [0.15, 0.2) is 0 Å². The Hall–Kier alpha value is -2.08. The van der Waals surface area contributed by atoms with Crippen LogP contribution in [0.1, 0.15) is 43.7 Å². The number of rotatable bonds is 7. The molecule has 1 saturated heterocycles. The van der Waals surface area contributed by atoms with E-state index in [1.165, 1.54) is 36.1 Å². The Morgan fingerprint density at radius 2 is 1.77 bits per heavy atom. The number of carboxylic acid groups (broad SMARTS) is 1. The number of carbonyl (C=O) groups is 2. The Balaban J connectivity index is 1.90. The molecule has 0 aromatic heterocycles. The highest BCUT2D eigenvalue weighted by atomic mass is 16.4. The summed E-state index contributed by atoms with van der Waals surface area (Å²) in [6, 6.07) is 7.96. The molecule has 0 bridgehead atoms. The first kappa shape index (κ1) is 20.2. The first-order chi connectivity index (χ1) is 12.5. The van der Waals surface area contributed by atoms with Gasteiger partial charge < -0.3 is 15.3 Å². The van der Waals surface area contributed by atoms with Crippen molar-refractivity contribution in [2.24, 2.45) is 5.92 Å². The smallest absolute Gasteiger partial charge is 0.317 e. The first-order valence-corrected chi connectivity index (χ1v) is 9.48. The van der Waals surface area contributed by atoms with Crippen LogP contribution in [0, 0.1) is 5.92 Å². The van der Waals surface area contributed by atoms with E-state index >= 15 is 0 Å². The lowest BCUT2D eigenvalue weighted by molar-refractivity contribution is -0.141. The van der Waals surface area contributed by atoms with Gasteiger partial charge in [0.05, 0.1) is 5.92 Å². The summed E-state index contributed by atoms with van der Waals surface area (Å²) < 4.78 is 0. The maximum atomic E-state index is 12.2. The molecule has 6 nitrogen and oxygen atoms in total. The molecule has 1 atom stereocenters. The van der Waals surface area contributed by atoms with Crippen molar-refractivity contribution in [3.63, 3.8) is 0 Å². The first-order valence-electron chi connectivity index (χ1n) is 9.48. The van der Waals surface area contributed by atoms with E-state index in [9.17, 15) is 9.59 Å². The van der Waals surface area contributed by atoms with Crippen LogP contribution >= 0.6 is 0 Å². The maximum absolute atomic E-state index is 12.2. The fourth-order valence-electron chi connectivity index (χ4n) is 3.30. The summed E-state index contributed by atoms with van der Waals surface area (Å²) >= 11 is 0. The van der Waals surface area contributed by atoms with Crippen molar-refractivity contribution >= 4 is 12.0 Å². The summed E-state index contributed by atoms with van der Waals surface area (Å²) in [5, 5.41) is 11.9. The second-order valence-corrected chi connectivity index (χ2v) is 7.24. The van der Waals surface area contributed by atoms with Crippen LogP contribution in [0.15, 0.2) is 24.3 Å². The van der Waals surface area contributed by atoms with Crippen molar-refractivity contribution in [1.29, 1.82) is 0 Å². The molecule has 0 saturated carbocycles. The van der Waals surface area contributed by atoms with E-state index in [4.69, 9.17) is 5.11 Å². The number of hydrogen-bond donors (Lipinski definition) is 2. The van der Waals surface area contributed by atoms with E-state index in [-0.39, 0.29) is 12.6 Å². The quantitative estimate of drug-likeness (QED) is 0.783. The number of hydrogen-bond acceptors (Lipinski definition) is 3. The SMILES string of the molecule is CC(CN(C)C(=O)NCc1ccccc1CN1CCCCCC1)C(=O)O. The van der Waals surface area contributed by atoms with Gasteiger partial charge in [0.2, 0.25) is 0 Å². The van der Waals surface area contributed by atoms with Crippen LogP contribution in [-0.2, 0) is 17.9 Å². The van der Waals surface area contributed by atoms with Crippen molar-refractivity contribution < 1.29 is 14.7 Å². The molecular weight excluding hydrogens is 330 g/mol. The summed E-state index contributed by atoms with van der Waals surface area (Å²) in [5.74, 6) is -1.48. The number of nitrogens with one attached hydrogen (secondary N) is 1. The number of urea groups is 1. The fourth-order valence-corrected chi connectivity index (χ4v) is 3.30. The van der Waals surface area contributed by atoms with Gasteiger partial charge in [-0.15, -0.1) is 0 Å². The minimum absolute atomic E-state index is 0.191. The molecule has 1 aromatic rings. The highest BCUT2D eigenvalue weighted by Crippen LogP contribution is 2.16. The Morgan fingerprint density at radius 1 is 1.15 bits per heavy atom. The van der Waals surface area contributed by atoms with Crippen LogP contribution in [0.5, 0.6) is 0 Å². The van der Waals surface area contributed by atoms with Crippen molar-refractivity contribution in [1.82, 2.24) is 15.1 Å². The molecule has 26 heavy (non-hydrogen) atoms. The van der Waals surface area contributed by atoms with Gasteiger partial charge in [-0.2, -0.15) is 0 Å². The Kier molecular flexibility index (Phi) is 7.91. The average Bonchev–Trinajstić information content (AvgIpc) is 2.89. The summed E-state index contributed by atoms with van der Waals surface area (Å²) in [4.78, 5) is 27.1. The van der Waals surface area contributed by atoms with Crippen LogP contribution in [0.25, 0.3) is 0 Å². The molecule has 0 spiro atoms. The summed E-state index contributed by atoms with van der Waals surface area (Å²) in [6.45, 7) is 5.43. The van der Waals surface area contributed by atoms with E-state index in [1.54, 1.807) is 14.0 Å². The van der Waals surface area contributed by atoms with Crippen molar-refractivity contribution in [3.05, 3.63) is 35.4 Å². The molecule has 1 unspecified atom stereocenters. The Labute approximate surface area is 156 Å². The Bertz CT molecular complexity index is 598. The van der Waals surface area contributed by atoms with E-state index in [0.717, 1.165) is 25.2 Å². The largest absolute Gasteiger partial charge is 0.481 e. The molecule has 2 amide bonds. The average molecular weight is 361 g/mol. The number of carbonyl (C=O) groups excluding carboxylic acids is 1. The predicted molar refractivity (Wildman–Crippen MR) is 102 cm³/mol. The van der Waals surface area contributed by atoms with Gasteiger partial charge in [-0.25, -0.2) is 4.79 Å². The third-order valence-electron chi connectivity index (χ3n) is 4.96. The highest BCUT2D eigenvalue weighted by molar-refractivity contribution is 5.75. The highest BCUT2D eigenvalue weighted by Gasteiger charge is 2.17. The molecule has 0 aliphatic carbocycles. The number of aliphatic carboxylic acids is 1. The molecule has 0 radical (unpaired) electrons. The molecule has 1 aliphatic rings. The molecule has 1 heterocycles. The third-order valence-corrected chi connectivity index (χ3v) is 4.96. The minimum Gasteiger partial charge on any atom is -0.481 e. The monoisotopic (exact) mass is 361 g/mol. The second-order valence-electron chi connectivity index (χ2n) is 7.24. The van der Waals surface area contributed by atoms with Gasteiger partial charge in [0, 0.05) is 26.7 Å². The molecule has 2 N–H and O–H groups in total. The van der Waals surface area contributed by atoms with Crippen molar-refractivity contribution in [2.45, 2.75) is 45.7 Å². The van der Waals surface area contributed by atoms with Gasteiger partial charge in [-0.1, -0.05) is 44.0 Å². The van der Waals surface area contributed by atoms with E-state index in [2.05, 4.69) is 16.3 Å². The standard InChI is InChI=1S/C20H31N3O3/c1-16(19(24)25)14-22(2)20(26)21-13-17-9-5-6-10-18(17)15-23-11-7-3-4-8-12-23/h5-6,9-10,16H,3-4,7-8,11-15H2,1-2H3,(H,21,26)(H,24,25). The lowest BCUT2D eigenvalue weighted by Crippen LogP contribution is -2.40. The molecule has 1 aliphatic heterocycles. The molecule has 1 fully saturated rings. The van der Waals surface area contributed by atoms with Gasteiger partial charge in [-0.05, 0) is 37.1 Å². The summed E-state index contributed by atoms with van der Waals surface area (Å²) in [6.07, 6.45) is 5.14. The topological polar surface area (TPSA) is 72.9 Å². The number of amides is 2. The van der Waals surface area contributed by atoms with Gasteiger partial charge in [-0.3, -0.25) is 9.69 Å².